The van der Waals surface area contributed by atoms with Gasteiger partial charge in [0, 0.05) is 39.6 Å². The van der Waals surface area contributed by atoms with Crippen LogP contribution < -0.4 is 4.74 Å². The summed E-state index contributed by atoms with van der Waals surface area (Å²) < 4.78 is 11.6. The number of piperidine rings is 1. The first-order chi connectivity index (χ1) is 16.6. The summed E-state index contributed by atoms with van der Waals surface area (Å²) >= 11 is 0. The number of carbonyl (C=O) groups excluding carboxylic acids is 1. The Morgan fingerprint density at radius 2 is 1.76 bits per heavy atom. The van der Waals surface area contributed by atoms with Crippen molar-refractivity contribution in [2.75, 3.05) is 39.3 Å². The fourth-order valence-electron chi connectivity index (χ4n) is 5.43. The molecule has 2 aliphatic heterocycles. The summed E-state index contributed by atoms with van der Waals surface area (Å²) in [6, 6.07) is 20.1. The van der Waals surface area contributed by atoms with Crippen molar-refractivity contribution < 1.29 is 13.9 Å². The molecule has 2 aliphatic rings. The lowest BCUT2D eigenvalue weighted by molar-refractivity contribution is -0.135. The second-order valence-electron chi connectivity index (χ2n) is 9.53. The Kier molecular flexibility index (Phi) is 6.63. The van der Waals surface area contributed by atoms with Crippen LogP contribution in [0.4, 0.5) is 0 Å². The van der Waals surface area contributed by atoms with Gasteiger partial charge in [-0.2, -0.15) is 0 Å². The molecule has 1 unspecified atom stereocenters. The van der Waals surface area contributed by atoms with Crippen molar-refractivity contribution in [2.45, 2.75) is 32.1 Å². The van der Waals surface area contributed by atoms with Gasteiger partial charge in [0.2, 0.25) is 11.8 Å². The van der Waals surface area contributed by atoms with Gasteiger partial charge < -0.3 is 19.0 Å². The molecule has 0 bridgehead atoms. The van der Waals surface area contributed by atoms with Crippen molar-refractivity contribution in [3.8, 4) is 5.75 Å². The smallest absolute Gasteiger partial charge is 0.260 e. The third-order valence-electron chi connectivity index (χ3n) is 7.34. The third-order valence-corrected chi connectivity index (χ3v) is 7.34. The summed E-state index contributed by atoms with van der Waals surface area (Å²) in [7, 11) is 0. The van der Waals surface area contributed by atoms with E-state index < -0.39 is 0 Å². The van der Waals surface area contributed by atoms with E-state index in [2.05, 4.69) is 45.4 Å². The van der Waals surface area contributed by atoms with Crippen molar-refractivity contribution in [3.05, 3.63) is 78.0 Å². The number of aryl methyl sites for hydroxylation is 1. The Morgan fingerprint density at radius 3 is 2.44 bits per heavy atom. The van der Waals surface area contributed by atoms with Gasteiger partial charge in [0.25, 0.3) is 5.91 Å². The van der Waals surface area contributed by atoms with Crippen LogP contribution in [0.3, 0.4) is 0 Å². The molecular formula is C27H32N4O3. The Hall–Kier alpha value is -3.19. The van der Waals surface area contributed by atoms with Crippen LogP contribution in [0.25, 0.3) is 0 Å². The molecule has 0 radical (unpaired) electrons. The molecule has 2 fully saturated rings. The number of hydrogen-bond donors (Lipinski definition) is 0. The maximum Gasteiger partial charge on any atom is 0.260 e. The van der Waals surface area contributed by atoms with Gasteiger partial charge in [-0.3, -0.25) is 4.79 Å². The van der Waals surface area contributed by atoms with Gasteiger partial charge in [-0.25, -0.2) is 0 Å². The number of likely N-dealkylation sites (tertiary alicyclic amines) is 2. The Morgan fingerprint density at radius 1 is 1.06 bits per heavy atom. The lowest BCUT2D eigenvalue weighted by Gasteiger charge is -2.41. The molecule has 1 spiro atoms. The highest BCUT2D eigenvalue weighted by molar-refractivity contribution is 5.77. The van der Waals surface area contributed by atoms with Crippen LogP contribution in [0.2, 0.25) is 0 Å². The van der Waals surface area contributed by atoms with Crippen LogP contribution in [-0.2, 0) is 11.2 Å². The van der Waals surface area contributed by atoms with E-state index in [-0.39, 0.29) is 23.8 Å². The molecule has 0 saturated carbocycles. The predicted octanol–water partition coefficient (Wildman–Crippen LogP) is 3.71. The largest absolute Gasteiger partial charge is 0.484 e. The van der Waals surface area contributed by atoms with Crippen molar-refractivity contribution in [2.24, 2.45) is 5.41 Å². The highest BCUT2D eigenvalue weighted by Gasteiger charge is 2.51. The maximum absolute atomic E-state index is 12.8. The number of amides is 1. The number of ether oxygens (including phenoxy) is 1. The summed E-state index contributed by atoms with van der Waals surface area (Å²) in [5, 5.41) is 8.51. The minimum Gasteiger partial charge on any atom is -0.484 e. The first kappa shape index (κ1) is 22.6. The Balaban J connectivity index is 1.23. The number of carbonyl (C=O) groups is 1. The van der Waals surface area contributed by atoms with Crippen LogP contribution in [0.5, 0.6) is 5.75 Å². The summed E-state index contributed by atoms with van der Waals surface area (Å²) in [5.74, 6) is 2.32. The number of benzene rings is 2. The van der Waals surface area contributed by atoms with Gasteiger partial charge in [0.1, 0.15) is 5.75 Å². The van der Waals surface area contributed by atoms with E-state index in [1.807, 2.05) is 42.2 Å². The molecule has 0 aliphatic carbocycles. The molecule has 7 nitrogen and oxygen atoms in total. The monoisotopic (exact) mass is 460 g/mol. The zero-order chi connectivity index (χ0) is 23.4. The topological polar surface area (TPSA) is 71.7 Å². The van der Waals surface area contributed by atoms with E-state index >= 15 is 0 Å². The van der Waals surface area contributed by atoms with E-state index in [1.165, 1.54) is 5.56 Å². The fraction of sp³-hybridized carbons (Fsp3) is 0.444. The lowest BCUT2D eigenvalue weighted by Crippen LogP contribution is -2.47. The molecule has 2 saturated heterocycles. The van der Waals surface area contributed by atoms with E-state index in [0.717, 1.165) is 63.6 Å². The molecule has 5 rings (SSSR count). The zero-order valence-corrected chi connectivity index (χ0v) is 19.7. The molecule has 3 heterocycles. The van der Waals surface area contributed by atoms with Gasteiger partial charge >= 0.3 is 0 Å². The van der Waals surface area contributed by atoms with E-state index in [1.54, 1.807) is 0 Å². The fourth-order valence-corrected chi connectivity index (χ4v) is 5.43. The quantitative estimate of drug-likeness (QED) is 0.535. The summed E-state index contributed by atoms with van der Waals surface area (Å²) in [5.41, 5.74) is 1.40. The molecule has 1 amide bonds. The zero-order valence-electron chi connectivity index (χ0n) is 19.7. The number of hydrogen-bond acceptors (Lipinski definition) is 6. The summed E-state index contributed by atoms with van der Waals surface area (Å²) in [4.78, 5) is 17.3. The van der Waals surface area contributed by atoms with Crippen LogP contribution in [0, 0.1) is 12.3 Å². The predicted molar refractivity (Wildman–Crippen MR) is 129 cm³/mol. The van der Waals surface area contributed by atoms with Crippen LogP contribution in [0.15, 0.2) is 65.1 Å². The lowest BCUT2D eigenvalue weighted by atomic mass is 9.70. The number of rotatable bonds is 7. The summed E-state index contributed by atoms with van der Waals surface area (Å²) in [6.07, 6.45) is 2.88. The molecule has 34 heavy (non-hydrogen) atoms. The maximum atomic E-state index is 12.8. The normalized spacial score (nSPS) is 20.0. The number of para-hydroxylation sites is 1. The van der Waals surface area contributed by atoms with Gasteiger partial charge in [-0.15, -0.1) is 10.2 Å². The molecule has 0 N–H and O–H groups in total. The van der Waals surface area contributed by atoms with Crippen molar-refractivity contribution in [1.82, 2.24) is 20.0 Å². The van der Waals surface area contributed by atoms with Gasteiger partial charge in [0.05, 0.1) is 5.92 Å². The molecule has 7 heteroatoms. The molecule has 178 valence electrons. The highest BCUT2D eigenvalue weighted by Crippen LogP contribution is 2.49. The average Bonchev–Trinajstić information content (AvgIpc) is 3.46. The van der Waals surface area contributed by atoms with Crippen molar-refractivity contribution in [3.63, 3.8) is 0 Å². The number of aromatic nitrogens is 2. The van der Waals surface area contributed by atoms with Gasteiger partial charge in [0.15, 0.2) is 6.61 Å². The standard InChI is InChI=1S/C27H32N4O3/c1-21-28-29-26(34-21)24-18-30(15-12-22-8-4-2-5-9-22)20-27(24)13-16-31(17-14-27)25(32)19-33-23-10-6-3-7-11-23/h2-11,24H,12-20H2,1H3. The second kappa shape index (κ2) is 9.97. The Bertz CT molecular complexity index is 1080. The minimum atomic E-state index is 0.0443. The second-order valence-corrected chi connectivity index (χ2v) is 9.53. The van der Waals surface area contributed by atoms with Crippen molar-refractivity contribution in [1.29, 1.82) is 0 Å². The Labute approximate surface area is 200 Å². The molecule has 1 aromatic heterocycles. The highest BCUT2D eigenvalue weighted by atomic mass is 16.5. The minimum absolute atomic E-state index is 0.0443. The SMILES string of the molecule is Cc1nnc(C2CN(CCc3ccccc3)CC23CCN(C(=O)COc2ccccc2)CC3)o1. The van der Waals surface area contributed by atoms with Crippen molar-refractivity contribution >= 4 is 5.91 Å². The first-order valence-corrected chi connectivity index (χ1v) is 12.1. The van der Waals surface area contributed by atoms with E-state index in [4.69, 9.17) is 9.15 Å². The van der Waals surface area contributed by atoms with Gasteiger partial charge in [-0.1, -0.05) is 48.5 Å². The summed E-state index contributed by atoms with van der Waals surface area (Å²) in [6.45, 7) is 6.29. The van der Waals surface area contributed by atoms with Crippen LogP contribution in [-0.4, -0.2) is 65.2 Å². The molecule has 1 atom stereocenters. The molecule has 2 aromatic carbocycles. The third kappa shape index (κ3) is 4.99. The number of nitrogens with zero attached hydrogens (tertiary/aromatic N) is 4. The van der Waals surface area contributed by atoms with Crippen LogP contribution >= 0.6 is 0 Å². The molecular weight excluding hydrogens is 428 g/mol. The van der Waals surface area contributed by atoms with Gasteiger partial charge in [-0.05, 0) is 42.4 Å². The first-order valence-electron chi connectivity index (χ1n) is 12.1. The van der Waals surface area contributed by atoms with E-state index in [9.17, 15) is 4.79 Å². The molecule has 3 aromatic rings. The van der Waals surface area contributed by atoms with Crippen LogP contribution in [0.1, 0.15) is 36.1 Å². The van der Waals surface area contributed by atoms with E-state index in [0.29, 0.717) is 5.89 Å². The average molecular weight is 461 g/mol.